The molecule has 1 aromatic heterocycles. The summed E-state index contributed by atoms with van der Waals surface area (Å²) in [5, 5.41) is 1.06. The largest absolute Gasteiger partial charge is 0.456 e. The standard InChI is InChI=1S/C25H19NO3/c27-24-22-16-9-10-17(19-12-18(16)19)23(22)25(28)26(24)15-7-5-13(6-8-15)21-11-14-3-1-2-4-20(14)29-21/h1-11,16-19,22-23H,12H2/t16-,17+,18-,19-,22+,23-/m1/s1. The van der Waals surface area contributed by atoms with Gasteiger partial charge in [-0.2, -0.15) is 0 Å². The first-order valence-electron chi connectivity index (χ1n) is 10.4. The van der Waals surface area contributed by atoms with Crippen molar-refractivity contribution in [1.29, 1.82) is 0 Å². The van der Waals surface area contributed by atoms with Crippen molar-refractivity contribution in [2.24, 2.45) is 35.5 Å². The van der Waals surface area contributed by atoms with Gasteiger partial charge in [-0.1, -0.05) is 30.4 Å². The molecule has 0 N–H and O–H groups in total. The molecule has 2 saturated carbocycles. The fraction of sp³-hybridized carbons (Fsp3) is 0.280. The van der Waals surface area contributed by atoms with Crippen LogP contribution in [0.15, 0.2) is 71.2 Å². The molecule has 2 amide bonds. The second-order valence-electron chi connectivity index (χ2n) is 8.86. The van der Waals surface area contributed by atoms with Crippen LogP contribution in [0.5, 0.6) is 0 Å². The molecule has 4 aliphatic carbocycles. The first-order valence-corrected chi connectivity index (χ1v) is 10.4. The summed E-state index contributed by atoms with van der Waals surface area (Å²) in [4.78, 5) is 27.9. The van der Waals surface area contributed by atoms with Gasteiger partial charge in [0.05, 0.1) is 17.5 Å². The zero-order valence-corrected chi connectivity index (χ0v) is 15.7. The maximum absolute atomic E-state index is 13.2. The van der Waals surface area contributed by atoms with E-state index in [1.165, 1.54) is 11.3 Å². The van der Waals surface area contributed by atoms with Gasteiger partial charge in [0.2, 0.25) is 11.8 Å². The summed E-state index contributed by atoms with van der Waals surface area (Å²) in [5.74, 6) is 2.21. The van der Waals surface area contributed by atoms with Crippen molar-refractivity contribution in [2.45, 2.75) is 6.42 Å². The normalized spacial score (nSPS) is 34.0. The van der Waals surface area contributed by atoms with Crippen LogP contribution in [0.3, 0.4) is 0 Å². The number of allylic oxidation sites excluding steroid dienone is 2. The maximum Gasteiger partial charge on any atom is 0.238 e. The highest BCUT2D eigenvalue weighted by molar-refractivity contribution is 6.22. The van der Waals surface area contributed by atoms with E-state index in [2.05, 4.69) is 12.2 Å². The molecule has 4 nitrogen and oxygen atoms in total. The van der Waals surface area contributed by atoms with E-state index in [1.54, 1.807) is 0 Å². The van der Waals surface area contributed by atoms with E-state index in [4.69, 9.17) is 4.42 Å². The summed E-state index contributed by atoms with van der Waals surface area (Å²) in [6, 6.07) is 17.5. The van der Waals surface area contributed by atoms with Crippen molar-refractivity contribution in [1.82, 2.24) is 0 Å². The SMILES string of the molecule is O=C1[C@@H]2[C@H]3C=C[C@H]([C@H]4C[C@H]34)[C@@H]2C(=O)N1c1ccc(-c2cc3ccccc3o2)cc1. The molecule has 142 valence electrons. The minimum atomic E-state index is -0.156. The molecule has 3 fully saturated rings. The molecule has 3 aromatic rings. The predicted molar refractivity (Wildman–Crippen MR) is 109 cm³/mol. The van der Waals surface area contributed by atoms with E-state index in [0.29, 0.717) is 17.5 Å². The highest BCUT2D eigenvalue weighted by Crippen LogP contribution is 2.65. The third-order valence-electron chi connectivity index (χ3n) is 7.50. The van der Waals surface area contributed by atoms with E-state index in [0.717, 1.165) is 22.3 Å². The van der Waals surface area contributed by atoms with Crippen molar-refractivity contribution < 1.29 is 14.0 Å². The average Bonchev–Trinajstić information content (AvgIpc) is 3.40. The molecule has 1 aliphatic heterocycles. The third kappa shape index (κ3) is 1.99. The Balaban J connectivity index is 1.23. The topological polar surface area (TPSA) is 50.5 Å². The first kappa shape index (κ1) is 15.7. The Morgan fingerprint density at radius 3 is 2.14 bits per heavy atom. The van der Waals surface area contributed by atoms with Crippen molar-refractivity contribution in [3.63, 3.8) is 0 Å². The molecule has 1 saturated heterocycles. The molecule has 2 heterocycles. The number of fused-ring (bicyclic) bond motifs is 1. The number of imide groups is 1. The minimum absolute atomic E-state index is 0.0128. The Labute approximate surface area is 167 Å². The number of hydrogen-bond donors (Lipinski definition) is 0. The summed E-state index contributed by atoms with van der Waals surface area (Å²) >= 11 is 0. The number of anilines is 1. The van der Waals surface area contributed by atoms with Gasteiger partial charge in [0.15, 0.2) is 0 Å². The molecule has 29 heavy (non-hydrogen) atoms. The van der Waals surface area contributed by atoms with Gasteiger partial charge in [0.25, 0.3) is 0 Å². The first-order chi connectivity index (χ1) is 14.2. The fourth-order valence-electron chi connectivity index (χ4n) is 6.11. The van der Waals surface area contributed by atoms with Crippen molar-refractivity contribution in [3.8, 4) is 11.3 Å². The molecular weight excluding hydrogens is 362 g/mol. The van der Waals surface area contributed by atoms with Crippen molar-refractivity contribution in [3.05, 3.63) is 66.7 Å². The van der Waals surface area contributed by atoms with Gasteiger partial charge in [0.1, 0.15) is 11.3 Å². The Morgan fingerprint density at radius 1 is 0.828 bits per heavy atom. The van der Waals surface area contributed by atoms with Crippen LogP contribution in [0.2, 0.25) is 0 Å². The van der Waals surface area contributed by atoms with Crippen LogP contribution in [0.25, 0.3) is 22.3 Å². The van der Waals surface area contributed by atoms with E-state index < -0.39 is 0 Å². The summed E-state index contributed by atoms with van der Waals surface area (Å²) < 4.78 is 5.94. The van der Waals surface area contributed by atoms with Gasteiger partial charge in [-0.3, -0.25) is 14.5 Å². The third-order valence-corrected chi connectivity index (χ3v) is 7.50. The number of nitrogens with zero attached hydrogens (tertiary/aromatic N) is 1. The van der Waals surface area contributed by atoms with Crippen LogP contribution in [0, 0.1) is 35.5 Å². The Bertz CT molecular complexity index is 1150. The van der Waals surface area contributed by atoms with Gasteiger partial charge in [-0.05, 0) is 66.5 Å². The second kappa shape index (κ2) is 5.26. The van der Waals surface area contributed by atoms with Crippen LogP contribution >= 0.6 is 0 Å². The lowest BCUT2D eigenvalue weighted by Crippen LogP contribution is -2.40. The minimum Gasteiger partial charge on any atom is -0.456 e. The monoisotopic (exact) mass is 381 g/mol. The molecule has 0 unspecified atom stereocenters. The Morgan fingerprint density at radius 2 is 1.48 bits per heavy atom. The van der Waals surface area contributed by atoms with Crippen molar-refractivity contribution >= 4 is 28.5 Å². The summed E-state index contributed by atoms with van der Waals surface area (Å²) in [6.07, 6.45) is 5.60. The summed E-state index contributed by atoms with van der Waals surface area (Å²) in [6.45, 7) is 0. The van der Waals surface area contributed by atoms with Crippen molar-refractivity contribution in [2.75, 3.05) is 4.90 Å². The van der Waals surface area contributed by atoms with Gasteiger partial charge in [-0.25, -0.2) is 0 Å². The lowest BCUT2D eigenvalue weighted by Gasteiger charge is -2.37. The average molecular weight is 381 g/mol. The highest BCUT2D eigenvalue weighted by atomic mass is 16.3. The second-order valence-corrected chi connectivity index (χ2v) is 8.86. The Hall–Kier alpha value is -3.14. The fourth-order valence-corrected chi connectivity index (χ4v) is 6.11. The number of amides is 2. The zero-order chi connectivity index (χ0) is 19.3. The number of furan rings is 1. The lowest BCUT2D eigenvalue weighted by atomic mass is 9.63. The van der Waals surface area contributed by atoms with Crippen LogP contribution in [-0.2, 0) is 9.59 Å². The molecule has 2 aromatic carbocycles. The molecule has 8 rings (SSSR count). The van der Waals surface area contributed by atoms with E-state index in [9.17, 15) is 9.59 Å². The van der Waals surface area contributed by atoms with Crippen LogP contribution in [0.1, 0.15) is 6.42 Å². The van der Waals surface area contributed by atoms with Gasteiger partial charge in [-0.15, -0.1) is 0 Å². The summed E-state index contributed by atoms with van der Waals surface area (Å²) in [5.41, 5.74) is 2.45. The zero-order valence-electron chi connectivity index (χ0n) is 15.7. The molecule has 5 aliphatic rings. The lowest BCUT2D eigenvalue weighted by molar-refractivity contribution is -0.124. The van der Waals surface area contributed by atoms with Crippen LogP contribution in [-0.4, -0.2) is 11.8 Å². The number of hydrogen-bond acceptors (Lipinski definition) is 3. The molecule has 0 radical (unpaired) electrons. The molecular formula is C25H19NO3. The number of para-hydroxylation sites is 1. The van der Waals surface area contributed by atoms with Crippen LogP contribution in [0.4, 0.5) is 5.69 Å². The molecule has 0 spiro atoms. The highest BCUT2D eigenvalue weighted by Gasteiger charge is 2.67. The predicted octanol–water partition coefficient (Wildman–Crippen LogP) is 4.66. The van der Waals surface area contributed by atoms with E-state index in [1.807, 2.05) is 54.6 Å². The summed E-state index contributed by atoms with van der Waals surface area (Å²) in [7, 11) is 0. The maximum atomic E-state index is 13.2. The molecule has 4 heteroatoms. The Kier molecular flexibility index (Phi) is 2.86. The smallest absolute Gasteiger partial charge is 0.238 e. The van der Waals surface area contributed by atoms with Gasteiger partial charge in [0, 0.05) is 10.9 Å². The molecule has 2 bridgehead atoms. The van der Waals surface area contributed by atoms with E-state index in [-0.39, 0.29) is 35.5 Å². The molecule has 6 atom stereocenters. The quantitative estimate of drug-likeness (QED) is 0.479. The van der Waals surface area contributed by atoms with Gasteiger partial charge >= 0.3 is 0 Å². The van der Waals surface area contributed by atoms with E-state index >= 15 is 0 Å². The van der Waals surface area contributed by atoms with Gasteiger partial charge < -0.3 is 4.42 Å². The number of rotatable bonds is 2. The number of benzene rings is 2. The number of carbonyl (C=O) groups excluding carboxylic acids is 2. The number of carbonyl (C=O) groups is 2. The van der Waals surface area contributed by atoms with Crippen LogP contribution < -0.4 is 4.90 Å².